The number of furan rings is 1. The van der Waals surface area contributed by atoms with E-state index in [2.05, 4.69) is 0 Å². The molecule has 1 aliphatic rings. The second kappa shape index (κ2) is 9.39. The molecule has 1 atom stereocenters. The van der Waals surface area contributed by atoms with Crippen LogP contribution in [0.4, 0.5) is 4.39 Å². The van der Waals surface area contributed by atoms with Crippen molar-refractivity contribution in [3.8, 4) is 5.75 Å². The largest absolute Gasteiger partial charge is 0.491 e. The van der Waals surface area contributed by atoms with Gasteiger partial charge in [-0.05, 0) is 68.5 Å². The number of nitrogens with zero attached hydrogens (tertiary/aromatic N) is 2. The number of ether oxygens (including phenoxy) is 1. The molecule has 3 aromatic rings. The molecule has 2 amide bonds. The van der Waals surface area contributed by atoms with Gasteiger partial charge < -0.3 is 19.0 Å². The van der Waals surface area contributed by atoms with E-state index in [4.69, 9.17) is 9.15 Å². The Hall–Kier alpha value is -3.13. The Balaban J connectivity index is 1.55. The van der Waals surface area contributed by atoms with E-state index in [-0.39, 0.29) is 42.6 Å². The van der Waals surface area contributed by atoms with Crippen LogP contribution in [0.25, 0.3) is 0 Å². The van der Waals surface area contributed by atoms with Crippen molar-refractivity contribution in [1.29, 1.82) is 0 Å². The molecule has 0 saturated heterocycles. The van der Waals surface area contributed by atoms with Gasteiger partial charge in [0.25, 0.3) is 5.91 Å². The third-order valence-corrected chi connectivity index (χ3v) is 6.70. The number of carbonyl (C=O) groups is 2. The van der Waals surface area contributed by atoms with Gasteiger partial charge in [-0.1, -0.05) is 6.07 Å². The summed E-state index contributed by atoms with van der Waals surface area (Å²) in [5.74, 6) is -0.273. The molecule has 2 aromatic heterocycles. The number of fused-ring (bicyclic) bond motifs is 1. The molecule has 8 heteroatoms. The lowest BCUT2D eigenvalue weighted by molar-refractivity contribution is -0.136. The SMILES string of the molecule is CC(C)(C)N(CC(=O)N1CCc2sccc2[C@H]1COc1cccc(F)c1)C(=O)c1ccco1. The highest BCUT2D eigenvalue weighted by Gasteiger charge is 2.36. The normalized spacial score (nSPS) is 15.8. The van der Waals surface area contributed by atoms with E-state index in [1.165, 1.54) is 28.2 Å². The molecule has 0 fully saturated rings. The summed E-state index contributed by atoms with van der Waals surface area (Å²) < 4.78 is 24.8. The van der Waals surface area contributed by atoms with Crippen molar-refractivity contribution in [2.75, 3.05) is 19.7 Å². The zero-order valence-electron chi connectivity index (χ0n) is 18.9. The van der Waals surface area contributed by atoms with Crippen LogP contribution in [0.2, 0.25) is 0 Å². The fourth-order valence-electron chi connectivity index (χ4n) is 3.98. The molecular weight excluding hydrogens is 443 g/mol. The number of rotatable bonds is 6. The fraction of sp³-hybridized carbons (Fsp3) is 0.360. The fourth-order valence-corrected chi connectivity index (χ4v) is 4.91. The lowest BCUT2D eigenvalue weighted by atomic mass is 9.99. The second-order valence-electron chi connectivity index (χ2n) is 8.96. The lowest BCUT2D eigenvalue weighted by Gasteiger charge is -2.40. The van der Waals surface area contributed by atoms with Gasteiger partial charge in [-0.25, -0.2) is 4.39 Å². The molecule has 0 aliphatic carbocycles. The Morgan fingerprint density at radius 1 is 1.24 bits per heavy atom. The highest BCUT2D eigenvalue weighted by molar-refractivity contribution is 7.10. The molecule has 4 rings (SSSR count). The second-order valence-corrected chi connectivity index (χ2v) is 9.96. The van der Waals surface area contributed by atoms with Crippen molar-refractivity contribution in [3.05, 3.63) is 76.1 Å². The van der Waals surface area contributed by atoms with E-state index in [9.17, 15) is 14.0 Å². The summed E-state index contributed by atoms with van der Waals surface area (Å²) in [7, 11) is 0. The van der Waals surface area contributed by atoms with Gasteiger partial charge in [0.05, 0.1) is 12.3 Å². The van der Waals surface area contributed by atoms with Crippen LogP contribution in [0.15, 0.2) is 58.5 Å². The molecule has 0 unspecified atom stereocenters. The van der Waals surface area contributed by atoms with Gasteiger partial charge in [-0.15, -0.1) is 11.3 Å². The standard InChI is InChI=1S/C25H27FN2O4S/c1-25(2,3)28(24(30)21-8-5-12-31-21)15-23(29)27-11-9-22-19(10-13-33-22)20(27)16-32-18-7-4-6-17(26)14-18/h4-8,10,12-14,20H,9,11,15-16H2,1-3H3/t20-/m1/s1. The van der Waals surface area contributed by atoms with E-state index in [0.29, 0.717) is 12.3 Å². The number of halogens is 1. The third-order valence-electron chi connectivity index (χ3n) is 5.70. The summed E-state index contributed by atoms with van der Waals surface area (Å²) in [6.07, 6.45) is 2.19. The molecule has 0 saturated carbocycles. The minimum Gasteiger partial charge on any atom is -0.491 e. The first-order valence-electron chi connectivity index (χ1n) is 10.8. The van der Waals surface area contributed by atoms with E-state index in [1.54, 1.807) is 40.5 Å². The monoisotopic (exact) mass is 470 g/mol. The summed E-state index contributed by atoms with van der Waals surface area (Å²) in [6.45, 7) is 6.30. The predicted molar refractivity (Wildman–Crippen MR) is 124 cm³/mol. The minimum atomic E-state index is -0.587. The topological polar surface area (TPSA) is 63.0 Å². The molecular formula is C25H27FN2O4S. The minimum absolute atomic E-state index is 0.0844. The number of carbonyl (C=O) groups excluding carboxylic acids is 2. The number of hydrogen-bond acceptors (Lipinski definition) is 5. The first-order chi connectivity index (χ1) is 15.7. The first kappa shape index (κ1) is 23.0. The highest BCUT2D eigenvalue weighted by Crippen LogP contribution is 2.34. The molecule has 33 heavy (non-hydrogen) atoms. The molecule has 0 bridgehead atoms. The van der Waals surface area contributed by atoms with Crippen LogP contribution in [-0.4, -0.2) is 46.8 Å². The van der Waals surface area contributed by atoms with Crippen LogP contribution in [0, 0.1) is 5.82 Å². The van der Waals surface area contributed by atoms with Crippen molar-refractivity contribution >= 4 is 23.2 Å². The predicted octanol–water partition coefficient (Wildman–Crippen LogP) is 4.93. The summed E-state index contributed by atoms with van der Waals surface area (Å²) in [5.41, 5.74) is 0.451. The van der Waals surface area contributed by atoms with E-state index < -0.39 is 5.54 Å². The molecule has 6 nitrogen and oxygen atoms in total. The van der Waals surface area contributed by atoms with Crippen LogP contribution in [0.3, 0.4) is 0 Å². The first-order valence-corrected chi connectivity index (χ1v) is 11.7. The summed E-state index contributed by atoms with van der Waals surface area (Å²) in [4.78, 5) is 31.1. The molecule has 1 aliphatic heterocycles. The van der Waals surface area contributed by atoms with Gasteiger partial charge in [-0.2, -0.15) is 0 Å². The van der Waals surface area contributed by atoms with Crippen LogP contribution < -0.4 is 4.74 Å². The quantitative estimate of drug-likeness (QED) is 0.513. The maximum absolute atomic E-state index is 13.6. The molecule has 0 N–H and O–H groups in total. The Bertz CT molecular complexity index is 1120. The molecule has 0 radical (unpaired) electrons. The van der Waals surface area contributed by atoms with Crippen molar-refractivity contribution in [1.82, 2.24) is 9.80 Å². The van der Waals surface area contributed by atoms with E-state index in [1.807, 2.05) is 32.2 Å². The maximum Gasteiger partial charge on any atom is 0.290 e. The smallest absolute Gasteiger partial charge is 0.290 e. The van der Waals surface area contributed by atoms with Crippen LogP contribution >= 0.6 is 11.3 Å². The van der Waals surface area contributed by atoms with Crippen LogP contribution in [0.1, 0.15) is 47.8 Å². The zero-order valence-corrected chi connectivity index (χ0v) is 19.7. The van der Waals surface area contributed by atoms with E-state index in [0.717, 1.165) is 12.0 Å². The summed E-state index contributed by atoms with van der Waals surface area (Å²) in [5, 5.41) is 2.01. The number of amides is 2. The number of benzene rings is 1. The Morgan fingerprint density at radius 3 is 2.76 bits per heavy atom. The lowest BCUT2D eigenvalue weighted by Crippen LogP contribution is -2.53. The van der Waals surface area contributed by atoms with Crippen molar-refractivity contribution in [2.45, 2.75) is 38.8 Å². The molecule has 0 spiro atoms. The third kappa shape index (κ3) is 5.11. The van der Waals surface area contributed by atoms with Crippen molar-refractivity contribution in [2.24, 2.45) is 0 Å². The zero-order chi connectivity index (χ0) is 23.6. The van der Waals surface area contributed by atoms with E-state index >= 15 is 0 Å². The highest BCUT2D eigenvalue weighted by atomic mass is 32.1. The van der Waals surface area contributed by atoms with Gasteiger partial charge >= 0.3 is 0 Å². The molecule has 1 aromatic carbocycles. The van der Waals surface area contributed by atoms with Crippen LogP contribution in [0.5, 0.6) is 5.75 Å². The number of thiophene rings is 1. The van der Waals surface area contributed by atoms with Crippen molar-refractivity contribution in [3.63, 3.8) is 0 Å². The van der Waals surface area contributed by atoms with Gasteiger partial charge in [-0.3, -0.25) is 9.59 Å². The van der Waals surface area contributed by atoms with Gasteiger partial charge in [0.15, 0.2) is 5.76 Å². The average molecular weight is 471 g/mol. The van der Waals surface area contributed by atoms with Crippen LogP contribution in [-0.2, 0) is 11.2 Å². The molecule has 3 heterocycles. The number of hydrogen-bond donors (Lipinski definition) is 0. The van der Waals surface area contributed by atoms with Gasteiger partial charge in [0.1, 0.15) is 24.7 Å². The Morgan fingerprint density at radius 2 is 2.06 bits per heavy atom. The van der Waals surface area contributed by atoms with Gasteiger partial charge in [0.2, 0.25) is 5.91 Å². The molecule has 174 valence electrons. The Kier molecular flexibility index (Phi) is 6.56. The van der Waals surface area contributed by atoms with Gasteiger partial charge in [0, 0.05) is 23.0 Å². The maximum atomic E-state index is 13.6. The Labute approximate surface area is 196 Å². The van der Waals surface area contributed by atoms with Crippen molar-refractivity contribution < 1.29 is 23.1 Å². The average Bonchev–Trinajstić information content (AvgIpc) is 3.46. The summed E-state index contributed by atoms with van der Waals surface area (Å²) in [6, 6.07) is 10.9. The summed E-state index contributed by atoms with van der Waals surface area (Å²) >= 11 is 1.66.